The fraction of sp³-hybridized carbons (Fsp3) is 0.250. The van der Waals surface area contributed by atoms with Gasteiger partial charge in [-0.25, -0.2) is 0 Å². The molecule has 0 aliphatic heterocycles. The van der Waals surface area contributed by atoms with Crippen LogP contribution in [0.4, 0.5) is 0 Å². The van der Waals surface area contributed by atoms with Gasteiger partial charge < -0.3 is 4.74 Å². The van der Waals surface area contributed by atoms with Gasteiger partial charge in [-0.2, -0.15) is 0 Å². The van der Waals surface area contributed by atoms with Crippen LogP contribution in [0.5, 0.6) is 5.75 Å². The number of hydrogen-bond acceptors (Lipinski definition) is 1. The van der Waals surface area contributed by atoms with Gasteiger partial charge in [-0.05, 0) is 35.0 Å². The number of ether oxygens (including phenoxy) is 1. The molecule has 0 N–H and O–H groups in total. The quantitative estimate of drug-likeness (QED) is 0.713. The lowest BCUT2D eigenvalue weighted by Crippen LogP contribution is -2.01. The zero-order chi connectivity index (χ0) is 8.27. The predicted molar refractivity (Wildman–Crippen MR) is 50.5 cm³/mol. The highest BCUT2D eigenvalue weighted by atomic mass is 79.9. The number of benzene rings is 1. The van der Waals surface area contributed by atoms with E-state index in [1.807, 2.05) is 25.1 Å². The molecule has 1 aromatic carbocycles. The van der Waals surface area contributed by atoms with Crippen molar-refractivity contribution >= 4 is 27.5 Å². The smallest absolute Gasteiger partial charge is 0.150 e. The first-order valence-electron chi connectivity index (χ1n) is 3.25. The van der Waals surface area contributed by atoms with Gasteiger partial charge in [-0.3, -0.25) is 0 Å². The van der Waals surface area contributed by atoms with Crippen LogP contribution < -0.4 is 4.74 Å². The van der Waals surface area contributed by atoms with Gasteiger partial charge in [-0.15, -0.1) is 0 Å². The van der Waals surface area contributed by atoms with Gasteiger partial charge in [0.25, 0.3) is 0 Å². The topological polar surface area (TPSA) is 9.23 Å². The summed E-state index contributed by atoms with van der Waals surface area (Å²) < 4.78 is 5.33. The van der Waals surface area contributed by atoms with Crippen molar-refractivity contribution in [1.82, 2.24) is 0 Å². The number of halogens is 2. The van der Waals surface area contributed by atoms with E-state index < -0.39 is 0 Å². The summed E-state index contributed by atoms with van der Waals surface area (Å²) in [5.74, 6) is 0.707. The second kappa shape index (κ2) is 3.98. The Morgan fingerprint density at radius 1 is 1.45 bits per heavy atom. The van der Waals surface area contributed by atoms with Crippen molar-refractivity contribution in [3.63, 3.8) is 0 Å². The van der Waals surface area contributed by atoms with Gasteiger partial charge in [0.15, 0.2) is 5.01 Å². The summed E-state index contributed by atoms with van der Waals surface area (Å²) >= 11 is 9.09. The van der Waals surface area contributed by atoms with Gasteiger partial charge >= 0.3 is 0 Å². The minimum Gasteiger partial charge on any atom is -0.478 e. The molecule has 0 spiro atoms. The first kappa shape index (κ1) is 8.88. The molecule has 1 aromatic rings. The molecule has 60 valence electrons. The molecule has 0 amide bonds. The Balaban J connectivity index is 2.78. The summed E-state index contributed by atoms with van der Waals surface area (Å²) in [5, 5.41) is 0.626. The molecule has 0 aliphatic rings. The van der Waals surface area contributed by atoms with E-state index in [1.54, 1.807) is 6.07 Å². The molecule has 0 radical (unpaired) electrons. The molecule has 1 nitrogen and oxygen atoms in total. The van der Waals surface area contributed by atoms with Crippen LogP contribution >= 0.6 is 27.5 Å². The van der Waals surface area contributed by atoms with Gasteiger partial charge in [0.2, 0.25) is 0 Å². The van der Waals surface area contributed by atoms with Crippen LogP contribution in [0.2, 0.25) is 5.02 Å². The Hall–Kier alpha value is -0.210. The summed E-state index contributed by atoms with van der Waals surface area (Å²) in [6.45, 7) is 1.89. The van der Waals surface area contributed by atoms with Crippen LogP contribution in [-0.2, 0) is 0 Å². The van der Waals surface area contributed by atoms with E-state index in [1.165, 1.54) is 0 Å². The second-order valence-corrected chi connectivity index (χ2v) is 3.79. The lowest BCUT2D eigenvalue weighted by Gasteiger charge is -2.08. The zero-order valence-electron chi connectivity index (χ0n) is 6.05. The molecular formula is C8H8BrClO. The third kappa shape index (κ3) is 2.72. The van der Waals surface area contributed by atoms with Crippen LogP contribution in [0.15, 0.2) is 24.3 Å². The molecule has 0 bridgehead atoms. The molecule has 0 fully saturated rings. The highest BCUT2D eigenvalue weighted by molar-refractivity contribution is 9.09. The Morgan fingerprint density at radius 3 is 2.64 bits per heavy atom. The van der Waals surface area contributed by atoms with Crippen molar-refractivity contribution in [2.24, 2.45) is 0 Å². The first-order chi connectivity index (χ1) is 5.20. The monoisotopic (exact) mass is 234 g/mol. The summed E-state index contributed by atoms with van der Waals surface area (Å²) in [5.41, 5.74) is 0. The van der Waals surface area contributed by atoms with Crippen molar-refractivity contribution in [3.8, 4) is 5.75 Å². The molecule has 0 heterocycles. The molecule has 0 saturated heterocycles. The maximum Gasteiger partial charge on any atom is 0.150 e. The Labute approximate surface area is 79.4 Å². The first-order valence-corrected chi connectivity index (χ1v) is 4.55. The Bertz CT molecular complexity index is 237. The summed E-state index contributed by atoms with van der Waals surface area (Å²) in [6, 6.07) is 7.39. The molecule has 1 rings (SSSR count). The van der Waals surface area contributed by atoms with Crippen LogP contribution in [0.1, 0.15) is 6.92 Å². The second-order valence-electron chi connectivity index (χ2n) is 2.09. The summed E-state index contributed by atoms with van der Waals surface area (Å²) in [6.07, 6.45) is 0. The third-order valence-corrected chi connectivity index (χ3v) is 1.63. The number of para-hydroxylation sites is 1. The lowest BCUT2D eigenvalue weighted by atomic mass is 10.3. The average molecular weight is 236 g/mol. The lowest BCUT2D eigenvalue weighted by molar-refractivity contribution is 0.314. The van der Waals surface area contributed by atoms with Gasteiger partial charge in [0.1, 0.15) is 5.75 Å². The number of alkyl halides is 1. The average Bonchev–Trinajstić information content (AvgIpc) is 1.93. The minimum absolute atomic E-state index is 0.0117. The highest BCUT2D eigenvalue weighted by Crippen LogP contribution is 2.24. The van der Waals surface area contributed by atoms with Gasteiger partial charge in [0, 0.05) is 0 Å². The van der Waals surface area contributed by atoms with Gasteiger partial charge in [0.05, 0.1) is 5.02 Å². The third-order valence-electron chi connectivity index (χ3n) is 1.13. The van der Waals surface area contributed by atoms with E-state index in [0.29, 0.717) is 10.8 Å². The standard InChI is InChI=1S/C8H8BrClO/c1-6(9)11-8-5-3-2-4-7(8)10/h2-6H,1H3. The fourth-order valence-electron chi connectivity index (χ4n) is 0.715. The molecule has 3 heteroatoms. The van der Waals surface area contributed by atoms with E-state index in [2.05, 4.69) is 15.9 Å². The van der Waals surface area contributed by atoms with Crippen molar-refractivity contribution in [3.05, 3.63) is 29.3 Å². The normalized spacial score (nSPS) is 12.6. The van der Waals surface area contributed by atoms with Crippen molar-refractivity contribution in [1.29, 1.82) is 0 Å². The minimum atomic E-state index is -0.0117. The van der Waals surface area contributed by atoms with Crippen molar-refractivity contribution in [2.45, 2.75) is 11.9 Å². The Morgan fingerprint density at radius 2 is 2.09 bits per heavy atom. The van der Waals surface area contributed by atoms with E-state index in [0.717, 1.165) is 0 Å². The van der Waals surface area contributed by atoms with E-state index in [9.17, 15) is 0 Å². The maximum atomic E-state index is 5.82. The van der Waals surface area contributed by atoms with E-state index >= 15 is 0 Å². The molecule has 0 aliphatic carbocycles. The van der Waals surface area contributed by atoms with Crippen LogP contribution in [0, 0.1) is 0 Å². The SMILES string of the molecule is CC(Br)Oc1ccccc1Cl. The highest BCUT2D eigenvalue weighted by Gasteiger charge is 2.01. The van der Waals surface area contributed by atoms with Crippen LogP contribution in [0.3, 0.4) is 0 Å². The predicted octanol–water partition coefficient (Wildman–Crippen LogP) is 3.46. The van der Waals surface area contributed by atoms with Crippen LogP contribution in [0.25, 0.3) is 0 Å². The van der Waals surface area contributed by atoms with Gasteiger partial charge in [-0.1, -0.05) is 23.7 Å². The van der Waals surface area contributed by atoms with E-state index in [-0.39, 0.29) is 5.01 Å². The summed E-state index contributed by atoms with van der Waals surface area (Å²) in [4.78, 5) is 0. The molecule has 0 aromatic heterocycles. The largest absolute Gasteiger partial charge is 0.478 e. The maximum absolute atomic E-state index is 5.82. The van der Waals surface area contributed by atoms with Crippen molar-refractivity contribution in [2.75, 3.05) is 0 Å². The molecular weight excluding hydrogens is 227 g/mol. The molecule has 11 heavy (non-hydrogen) atoms. The van der Waals surface area contributed by atoms with E-state index in [4.69, 9.17) is 16.3 Å². The number of hydrogen-bond donors (Lipinski definition) is 0. The van der Waals surface area contributed by atoms with Crippen LogP contribution in [-0.4, -0.2) is 5.01 Å². The van der Waals surface area contributed by atoms with Crippen molar-refractivity contribution < 1.29 is 4.74 Å². The number of rotatable bonds is 2. The molecule has 1 unspecified atom stereocenters. The zero-order valence-corrected chi connectivity index (χ0v) is 8.39. The summed E-state index contributed by atoms with van der Waals surface area (Å²) in [7, 11) is 0. The molecule has 1 atom stereocenters. The molecule has 0 saturated carbocycles. The Kier molecular flexibility index (Phi) is 3.21. The fourth-order valence-corrected chi connectivity index (χ4v) is 1.10.